The SMILES string of the molecule is Cc1noc(C)c1CNC(=O)c1cccc(S(=O)(=O)Nc2ccc(OCc3ccccc3)cc2)c1. The van der Waals surface area contributed by atoms with Crippen molar-refractivity contribution >= 4 is 21.6 Å². The third-order valence-corrected chi connectivity index (χ3v) is 6.75. The van der Waals surface area contributed by atoms with Crippen LogP contribution < -0.4 is 14.8 Å². The fraction of sp³-hybridized carbons (Fsp3) is 0.154. The van der Waals surface area contributed by atoms with E-state index in [2.05, 4.69) is 15.2 Å². The topological polar surface area (TPSA) is 111 Å². The van der Waals surface area contributed by atoms with E-state index in [0.29, 0.717) is 29.5 Å². The molecule has 0 saturated heterocycles. The minimum Gasteiger partial charge on any atom is -0.489 e. The molecule has 2 N–H and O–H groups in total. The van der Waals surface area contributed by atoms with Gasteiger partial charge in [0, 0.05) is 23.4 Å². The molecule has 8 nitrogen and oxygen atoms in total. The van der Waals surface area contributed by atoms with E-state index in [1.807, 2.05) is 30.3 Å². The van der Waals surface area contributed by atoms with E-state index in [1.54, 1.807) is 44.2 Å². The zero-order valence-corrected chi connectivity index (χ0v) is 20.1. The molecule has 0 fully saturated rings. The fourth-order valence-electron chi connectivity index (χ4n) is 3.40. The highest BCUT2D eigenvalue weighted by molar-refractivity contribution is 7.92. The van der Waals surface area contributed by atoms with Crippen LogP contribution in [0.1, 0.15) is 32.9 Å². The molecule has 9 heteroatoms. The van der Waals surface area contributed by atoms with Gasteiger partial charge in [-0.15, -0.1) is 0 Å². The lowest BCUT2D eigenvalue weighted by atomic mass is 10.2. The van der Waals surface area contributed by atoms with Crippen molar-refractivity contribution in [1.82, 2.24) is 10.5 Å². The second-order valence-electron chi connectivity index (χ2n) is 7.92. The summed E-state index contributed by atoms with van der Waals surface area (Å²) in [6.07, 6.45) is 0. The standard InChI is InChI=1S/C26H25N3O5S/c1-18-25(19(2)34-28-18)16-27-26(30)21-9-6-10-24(15-21)35(31,32)29-22-11-13-23(14-12-22)33-17-20-7-4-3-5-8-20/h3-15,29H,16-17H2,1-2H3,(H,27,30). The van der Waals surface area contributed by atoms with Gasteiger partial charge in [-0.2, -0.15) is 0 Å². The quantitative estimate of drug-likeness (QED) is 0.354. The maximum absolute atomic E-state index is 12.9. The van der Waals surface area contributed by atoms with E-state index in [4.69, 9.17) is 9.26 Å². The van der Waals surface area contributed by atoms with Gasteiger partial charge in [0.2, 0.25) is 0 Å². The molecule has 0 aliphatic carbocycles. The Labute approximate surface area is 204 Å². The van der Waals surface area contributed by atoms with E-state index < -0.39 is 15.9 Å². The van der Waals surface area contributed by atoms with Crippen LogP contribution in [0.4, 0.5) is 5.69 Å². The zero-order chi connectivity index (χ0) is 24.8. The normalized spacial score (nSPS) is 11.1. The number of benzene rings is 3. The summed E-state index contributed by atoms with van der Waals surface area (Å²) in [5, 5.41) is 6.63. The number of carbonyl (C=O) groups is 1. The molecule has 0 radical (unpaired) electrons. The van der Waals surface area contributed by atoms with Crippen molar-refractivity contribution in [2.24, 2.45) is 0 Å². The summed E-state index contributed by atoms with van der Waals surface area (Å²) in [5.74, 6) is 0.843. The van der Waals surface area contributed by atoms with E-state index in [9.17, 15) is 13.2 Å². The van der Waals surface area contributed by atoms with Crippen molar-refractivity contribution in [2.45, 2.75) is 31.9 Å². The van der Waals surface area contributed by atoms with Gasteiger partial charge in [-0.1, -0.05) is 41.6 Å². The molecule has 0 aliphatic rings. The number of rotatable bonds is 9. The van der Waals surface area contributed by atoms with Crippen LogP contribution in [0.25, 0.3) is 0 Å². The van der Waals surface area contributed by atoms with Gasteiger partial charge in [-0.3, -0.25) is 9.52 Å². The Morgan fingerprint density at radius 3 is 2.40 bits per heavy atom. The lowest BCUT2D eigenvalue weighted by molar-refractivity contribution is 0.0950. The van der Waals surface area contributed by atoms with Gasteiger partial charge in [0.25, 0.3) is 15.9 Å². The maximum atomic E-state index is 12.9. The largest absolute Gasteiger partial charge is 0.489 e. The number of ether oxygens (including phenoxy) is 1. The van der Waals surface area contributed by atoms with Gasteiger partial charge >= 0.3 is 0 Å². The molecular formula is C26H25N3O5S. The number of sulfonamides is 1. The zero-order valence-electron chi connectivity index (χ0n) is 19.3. The Kier molecular flexibility index (Phi) is 7.17. The molecule has 0 bridgehead atoms. The molecular weight excluding hydrogens is 466 g/mol. The molecule has 4 aromatic rings. The van der Waals surface area contributed by atoms with Crippen LogP contribution >= 0.6 is 0 Å². The van der Waals surface area contributed by atoms with E-state index in [-0.39, 0.29) is 17.0 Å². The Bertz CT molecular complexity index is 1400. The van der Waals surface area contributed by atoms with Crippen LogP contribution in [0, 0.1) is 13.8 Å². The fourth-order valence-corrected chi connectivity index (χ4v) is 4.51. The number of nitrogens with one attached hydrogen (secondary N) is 2. The number of aromatic nitrogens is 1. The van der Waals surface area contributed by atoms with Gasteiger partial charge in [-0.25, -0.2) is 8.42 Å². The minimum absolute atomic E-state index is 0.0214. The molecule has 35 heavy (non-hydrogen) atoms. The highest BCUT2D eigenvalue weighted by atomic mass is 32.2. The number of aryl methyl sites for hydroxylation is 2. The molecule has 0 aliphatic heterocycles. The molecule has 0 atom stereocenters. The average Bonchev–Trinajstić information content (AvgIpc) is 3.19. The number of carbonyl (C=O) groups excluding carboxylic acids is 1. The summed E-state index contributed by atoms with van der Waals surface area (Å²) in [6.45, 7) is 4.20. The summed E-state index contributed by atoms with van der Waals surface area (Å²) < 4.78 is 39.2. The second kappa shape index (κ2) is 10.4. The Hall–Kier alpha value is -4.11. The molecule has 1 heterocycles. The summed E-state index contributed by atoms with van der Waals surface area (Å²) in [6, 6.07) is 22.2. The van der Waals surface area contributed by atoms with Crippen LogP contribution in [0.2, 0.25) is 0 Å². The molecule has 180 valence electrons. The first kappa shape index (κ1) is 24.0. The van der Waals surface area contributed by atoms with Crippen LogP contribution in [-0.2, 0) is 23.2 Å². The van der Waals surface area contributed by atoms with Crippen molar-refractivity contribution in [3.05, 3.63) is 107 Å². The summed E-state index contributed by atoms with van der Waals surface area (Å²) in [4.78, 5) is 12.6. The number of nitrogens with zero attached hydrogens (tertiary/aromatic N) is 1. The van der Waals surface area contributed by atoms with Crippen molar-refractivity contribution in [3.8, 4) is 5.75 Å². The van der Waals surface area contributed by atoms with Crippen LogP contribution in [0.5, 0.6) is 5.75 Å². The number of hydrogen-bond donors (Lipinski definition) is 2. The Morgan fingerprint density at radius 2 is 1.71 bits per heavy atom. The predicted octanol–water partition coefficient (Wildman–Crippen LogP) is 4.60. The first-order chi connectivity index (χ1) is 16.8. The third kappa shape index (κ3) is 6.07. The highest BCUT2D eigenvalue weighted by Gasteiger charge is 2.17. The van der Waals surface area contributed by atoms with Gasteiger partial charge in [0.05, 0.1) is 10.6 Å². The van der Waals surface area contributed by atoms with E-state index >= 15 is 0 Å². The first-order valence-electron chi connectivity index (χ1n) is 10.9. The third-order valence-electron chi connectivity index (χ3n) is 5.37. The highest BCUT2D eigenvalue weighted by Crippen LogP contribution is 2.21. The molecule has 3 aromatic carbocycles. The van der Waals surface area contributed by atoms with Gasteiger partial charge in [0.1, 0.15) is 18.1 Å². The smallest absolute Gasteiger partial charge is 0.261 e. The number of anilines is 1. The second-order valence-corrected chi connectivity index (χ2v) is 9.60. The molecule has 1 aromatic heterocycles. The number of hydrogen-bond acceptors (Lipinski definition) is 6. The average molecular weight is 492 g/mol. The molecule has 0 spiro atoms. The molecule has 1 amide bonds. The van der Waals surface area contributed by atoms with Gasteiger partial charge in [0.15, 0.2) is 0 Å². The van der Waals surface area contributed by atoms with Crippen molar-refractivity contribution in [2.75, 3.05) is 4.72 Å². The summed E-state index contributed by atoms with van der Waals surface area (Å²) >= 11 is 0. The first-order valence-corrected chi connectivity index (χ1v) is 12.4. The lowest BCUT2D eigenvalue weighted by Gasteiger charge is -2.11. The van der Waals surface area contributed by atoms with E-state index in [1.165, 1.54) is 18.2 Å². The minimum atomic E-state index is -3.90. The van der Waals surface area contributed by atoms with E-state index in [0.717, 1.165) is 11.1 Å². The molecule has 0 saturated carbocycles. The maximum Gasteiger partial charge on any atom is 0.261 e. The van der Waals surface area contributed by atoms with Gasteiger partial charge < -0.3 is 14.6 Å². The predicted molar refractivity (Wildman–Crippen MR) is 132 cm³/mol. The molecule has 0 unspecified atom stereocenters. The Balaban J connectivity index is 1.39. The summed E-state index contributed by atoms with van der Waals surface area (Å²) in [5.41, 5.74) is 3.13. The van der Waals surface area contributed by atoms with Gasteiger partial charge in [-0.05, 0) is 61.9 Å². The van der Waals surface area contributed by atoms with Crippen molar-refractivity contribution in [1.29, 1.82) is 0 Å². The van der Waals surface area contributed by atoms with Crippen LogP contribution in [0.15, 0.2) is 88.3 Å². The summed E-state index contributed by atoms with van der Waals surface area (Å²) in [7, 11) is -3.90. The van der Waals surface area contributed by atoms with Crippen LogP contribution in [0.3, 0.4) is 0 Å². The lowest BCUT2D eigenvalue weighted by Crippen LogP contribution is -2.24. The monoisotopic (exact) mass is 491 g/mol. The van der Waals surface area contributed by atoms with Crippen LogP contribution in [-0.4, -0.2) is 19.5 Å². The van der Waals surface area contributed by atoms with Crippen molar-refractivity contribution in [3.63, 3.8) is 0 Å². The van der Waals surface area contributed by atoms with Crippen molar-refractivity contribution < 1.29 is 22.5 Å². The molecule has 4 rings (SSSR count). The Morgan fingerprint density at radius 1 is 0.971 bits per heavy atom. The number of amides is 1.